The molecule has 7 nitrogen and oxygen atoms in total. The van der Waals surface area contributed by atoms with Gasteiger partial charge in [0.1, 0.15) is 6.04 Å². The van der Waals surface area contributed by atoms with Crippen LogP contribution >= 0.6 is 0 Å². The van der Waals surface area contributed by atoms with E-state index < -0.39 is 48.2 Å². The normalized spacial score (nSPS) is 29.3. The number of alkyl halides is 6. The molecule has 4 heterocycles. The van der Waals surface area contributed by atoms with Crippen molar-refractivity contribution >= 4 is 17.6 Å². The standard InChI is InChI=1S/C25H30F6N4O3/c1-14(36)35-12-23(13-35)6-7-34(11-23)18-5-3-2-4-15(18)8-33-9-16-17(10-33)20(22(37)38)32-19(16)21(24(26,27)28)25(29,30)31/h2-5,16-17,19-21,32H,6-13H2,1H3,(H,37,38). The highest BCUT2D eigenvalue weighted by molar-refractivity contribution is 5.75. The molecule has 2 N–H and O–H groups in total. The molecule has 0 radical (unpaired) electrons. The van der Waals surface area contributed by atoms with E-state index in [-0.39, 0.29) is 31.0 Å². The minimum Gasteiger partial charge on any atom is -0.480 e. The molecule has 0 aliphatic carbocycles. The van der Waals surface area contributed by atoms with Crippen LogP contribution in [0.3, 0.4) is 0 Å². The number of nitrogens with zero attached hydrogens (tertiary/aromatic N) is 3. The van der Waals surface area contributed by atoms with Gasteiger partial charge in [-0.25, -0.2) is 0 Å². The van der Waals surface area contributed by atoms with Gasteiger partial charge in [-0.1, -0.05) is 18.2 Å². The summed E-state index contributed by atoms with van der Waals surface area (Å²) >= 11 is 0. The Morgan fingerprint density at radius 1 is 1.05 bits per heavy atom. The van der Waals surface area contributed by atoms with Crippen molar-refractivity contribution in [3.8, 4) is 0 Å². The molecule has 1 aromatic rings. The summed E-state index contributed by atoms with van der Waals surface area (Å²) in [6.45, 7) is 4.77. The molecule has 0 aromatic heterocycles. The smallest absolute Gasteiger partial charge is 0.402 e. The number of benzene rings is 1. The number of hydrogen-bond acceptors (Lipinski definition) is 5. The fourth-order valence-corrected chi connectivity index (χ4v) is 7.03. The molecule has 1 aromatic carbocycles. The Morgan fingerprint density at radius 2 is 1.68 bits per heavy atom. The second-order valence-electron chi connectivity index (χ2n) is 11.3. The zero-order chi connectivity index (χ0) is 27.6. The first-order valence-corrected chi connectivity index (χ1v) is 12.6. The minimum absolute atomic E-state index is 0.0290. The van der Waals surface area contributed by atoms with E-state index in [1.165, 1.54) is 0 Å². The van der Waals surface area contributed by atoms with Gasteiger partial charge in [0.15, 0.2) is 5.92 Å². The monoisotopic (exact) mass is 548 g/mol. The molecule has 13 heteroatoms. The summed E-state index contributed by atoms with van der Waals surface area (Å²) in [5.41, 5.74) is 1.85. The zero-order valence-electron chi connectivity index (χ0n) is 20.7. The first kappa shape index (κ1) is 27.0. The van der Waals surface area contributed by atoms with E-state index in [0.29, 0.717) is 13.1 Å². The summed E-state index contributed by atoms with van der Waals surface area (Å²) in [5.74, 6) is -7.04. The van der Waals surface area contributed by atoms with Crippen LogP contribution in [0.2, 0.25) is 0 Å². The molecule has 4 aliphatic heterocycles. The lowest BCUT2D eigenvalue weighted by molar-refractivity contribution is -0.293. The van der Waals surface area contributed by atoms with Crippen molar-refractivity contribution in [3.63, 3.8) is 0 Å². The lowest BCUT2D eigenvalue weighted by Crippen LogP contribution is -2.59. The Morgan fingerprint density at radius 3 is 2.29 bits per heavy atom. The van der Waals surface area contributed by atoms with Gasteiger partial charge in [-0.3, -0.25) is 14.5 Å². The number of amides is 1. The van der Waals surface area contributed by atoms with E-state index in [4.69, 9.17) is 0 Å². The molecule has 4 fully saturated rings. The van der Waals surface area contributed by atoms with Crippen molar-refractivity contribution in [3.05, 3.63) is 29.8 Å². The molecule has 0 bridgehead atoms. The molecule has 38 heavy (non-hydrogen) atoms. The number of carboxylic acids is 1. The largest absolute Gasteiger partial charge is 0.480 e. The van der Waals surface area contributed by atoms with Gasteiger partial charge in [-0.2, -0.15) is 26.3 Å². The number of fused-ring (bicyclic) bond motifs is 1. The topological polar surface area (TPSA) is 76.1 Å². The Balaban J connectivity index is 1.33. The molecule has 1 amide bonds. The summed E-state index contributed by atoms with van der Waals surface area (Å²) < 4.78 is 81.2. The van der Waals surface area contributed by atoms with E-state index in [2.05, 4.69) is 10.2 Å². The average molecular weight is 549 g/mol. The van der Waals surface area contributed by atoms with Gasteiger partial charge >= 0.3 is 18.3 Å². The van der Waals surface area contributed by atoms with Gasteiger partial charge < -0.3 is 20.2 Å². The molecule has 5 rings (SSSR count). The molecule has 0 saturated carbocycles. The van der Waals surface area contributed by atoms with Gasteiger partial charge in [-0.15, -0.1) is 0 Å². The minimum atomic E-state index is -5.56. The summed E-state index contributed by atoms with van der Waals surface area (Å²) in [6, 6.07) is 3.98. The third kappa shape index (κ3) is 4.83. The van der Waals surface area contributed by atoms with E-state index in [9.17, 15) is 41.0 Å². The Bertz CT molecular complexity index is 1080. The predicted molar refractivity (Wildman–Crippen MR) is 124 cm³/mol. The number of para-hydroxylation sites is 1. The van der Waals surface area contributed by atoms with Crippen LogP contribution in [0.1, 0.15) is 18.9 Å². The van der Waals surface area contributed by atoms with Crippen molar-refractivity contribution in [1.29, 1.82) is 0 Å². The van der Waals surface area contributed by atoms with Crippen molar-refractivity contribution < 1.29 is 41.0 Å². The second-order valence-corrected chi connectivity index (χ2v) is 11.3. The van der Waals surface area contributed by atoms with E-state index >= 15 is 0 Å². The number of halogens is 6. The third-order valence-corrected chi connectivity index (χ3v) is 8.74. The van der Waals surface area contributed by atoms with E-state index in [0.717, 1.165) is 30.8 Å². The quantitative estimate of drug-likeness (QED) is 0.552. The number of carbonyl (C=O) groups excluding carboxylic acids is 1. The van der Waals surface area contributed by atoms with Crippen molar-refractivity contribution in [2.24, 2.45) is 23.2 Å². The van der Waals surface area contributed by atoms with Crippen molar-refractivity contribution in [2.75, 3.05) is 44.2 Å². The number of carbonyl (C=O) groups is 2. The van der Waals surface area contributed by atoms with Crippen LogP contribution in [0.25, 0.3) is 0 Å². The lowest BCUT2D eigenvalue weighted by Gasteiger charge is -2.47. The van der Waals surface area contributed by atoms with Crippen LogP contribution in [-0.2, 0) is 16.1 Å². The fraction of sp³-hybridized carbons (Fsp3) is 0.680. The molecule has 1 spiro atoms. The van der Waals surface area contributed by atoms with E-state index in [1.54, 1.807) is 16.7 Å². The van der Waals surface area contributed by atoms with E-state index in [1.807, 2.05) is 24.3 Å². The molecule has 4 unspecified atom stereocenters. The number of nitrogens with one attached hydrogen (secondary N) is 1. The first-order chi connectivity index (χ1) is 17.7. The van der Waals surface area contributed by atoms with Gasteiger partial charge in [0.05, 0.1) is 0 Å². The fourth-order valence-electron chi connectivity index (χ4n) is 7.03. The summed E-state index contributed by atoms with van der Waals surface area (Å²) in [6.07, 6.45) is -10.2. The number of likely N-dealkylation sites (tertiary alicyclic amines) is 2. The maximum Gasteiger partial charge on any atom is 0.402 e. The number of anilines is 1. The predicted octanol–water partition coefficient (Wildman–Crippen LogP) is 2.96. The SMILES string of the molecule is CC(=O)N1CC2(CCN(c3ccccc3CN3CC4C(C(=O)O)NC(C(C(F)(F)F)C(F)(F)F)C4C3)C2)C1. The molecule has 4 aliphatic rings. The molecule has 4 saturated heterocycles. The van der Waals surface area contributed by atoms with Crippen molar-refractivity contribution in [1.82, 2.24) is 15.1 Å². The lowest BCUT2D eigenvalue weighted by atomic mass is 9.79. The maximum atomic E-state index is 13.5. The summed E-state index contributed by atoms with van der Waals surface area (Å²) in [5, 5.41) is 11.8. The van der Waals surface area contributed by atoms with Gasteiger partial charge in [0.2, 0.25) is 5.91 Å². The van der Waals surface area contributed by atoms with Crippen LogP contribution in [0.15, 0.2) is 24.3 Å². The second kappa shape index (κ2) is 9.29. The van der Waals surface area contributed by atoms with Gasteiger partial charge in [0.25, 0.3) is 0 Å². The Labute approximate surface area is 215 Å². The highest BCUT2D eigenvalue weighted by Crippen LogP contribution is 2.49. The Hall–Kier alpha value is -2.54. The molecular weight excluding hydrogens is 518 g/mol. The van der Waals surface area contributed by atoms with Crippen molar-refractivity contribution in [2.45, 2.75) is 44.3 Å². The molecule has 210 valence electrons. The first-order valence-electron chi connectivity index (χ1n) is 12.6. The van der Waals surface area contributed by atoms with Crippen LogP contribution in [-0.4, -0.2) is 90.5 Å². The zero-order valence-corrected chi connectivity index (χ0v) is 20.7. The van der Waals surface area contributed by atoms with Gasteiger partial charge in [0, 0.05) is 75.8 Å². The number of rotatable bonds is 5. The van der Waals surface area contributed by atoms with Crippen LogP contribution in [0.4, 0.5) is 32.0 Å². The molecule has 4 atom stereocenters. The number of carboxylic acid groups (broad SMARTS) is 1. The maximum absolute atomic E-state index is 13.5. The average Bonchev–Trinajstić information content (AvgIpc) is 3.45. The number of aliphatic carboxylic acids is 1. The van der Waals surface area contributed by atoms with Gasteiger partial charge in [-0.05, 0) is 24.0 Å². The summed E-state index contributed by atoms with van der Waals surface area (Å²) in [4.78, 5) is 29.2. The highest BCUT2D eigenvalue weighted by atomic mass is 19.4. The Kier molecular flexibility index (Phi) is 6.61. The molecular formula is C25H30F6N4O3. The van der Waals surface area contributed by atoms with Crippen LogP contribution in [0.5, 0.6) is 0 Å². The third-order valence-electron chi connectivity index (χ3n) is 8.74. The van der Waals surface area contributed by atoms with Crippen LogP contribution < -0.4 is 10.2 Å². The number of hydrogen-bond donors (Lipinski definition) is 2. The highest BCUT2D eigenvalue weighted by Gasteiger charge is 2.66. The summed E-state index contributed by atoms with van der Waals surface area (Å²) in [7, 11) is 0. The van der Waals surface area contributed by atoms with Crippen LogP contribution in [0, 0.1) is 23.2 Å².